The minimum absolute atomic E-state index is 0.104. The van der Waals surface area contributed by atoms with Gasteiger partial charge in [-0.1, -0.05) is 0 Å². The van der Waals surface area contributed by atoms with Crippen LogP contribution in [0.1, 0.15) is 13.3 Å². The molecule has 1 aliphatic rings. The Morgan fingerprint density at radius 2 is 2.15 bits per heavy atom. The zero-order valence-corrected chi connectivity index (χ0v) is 6.98. The SMILES string of the molecule is CC(=O)C1(C(F)(F)F)CN=C(N)C1. The van der Waals surface area contributed by atoms with Gasteiger partial charge in [0.25, 0.3) is 0 Å². The van der Waals surface area contributed by atoms with E-state index in [-0.39, 0.29) is 5.84 Å². The van der Waals surface area contributed by atoms with E-state index in [1.165, 1.54) is 0 Å². The second kappa shape index (κ2) is 2.71. The van der Waals surface area contributed by atoms with Crippen LogP contribution >= 0.6 is 0 Å². The second-order valence-electron chi connectivity index (χ2n) is 3.12. The van der Waals surface area contributed by atoms with Crippen molar-refractivity contribution < 1.29 is 18.0 Å². The normalized spacial score (nSPS) is 28.8. The van der Waals surface area contributed by atoms with E-state index in [4.69, 9.17) is 5.73 Å². The van der Waals surface area contributed by atoms with E-state index >= 15 is 0 Å². The number of carbonyl (C=O) groups is 1. The average molecular weight is 194 g/mol. The van der Waals surface area contributed by atoms with Crippen LogP contribution < -0.4 is 5.73 Å². The van der Waals surface area contributed by atoms with Gasteiger partial charge < -0.3 is 5.73 Å². The number of carbonyl (C=O) groups excluding carboxylic acids is 1. The summed E-state index contributed by atoms with van der Waals surface area (Å²) in [6.45, 7) is 0.347. The lowest BCUT2D eigenvalue weighted by molar-refractivity contribution is -0.212. The van der Waals surface area contributed by atoms with Gasteiger partial charge >= 0.3 is 6.18 Å². The van der Waals surface area contributed by atoms with Gasteiger partial charge in [0.2, 0.25) is 0 Å². The van der Waals surface area contributed by atoms with E-state index in [0.29, 0.717) is 0 Å². The Labute approximate surface area is 72.8 Å². The molecule has 0 bridgehead atoms. The maximum atomic E-state index is 12.5. The van der Waals surface area contributed by atoms with E-state index < -0.39 is 30.3 Å². The molecule has 13 heavy (non-hydrogen) atoms. The highest BCUT2D eigenvalue weighted by atomic mass is 19.4. The van der Waals surface area contributed by atoms with E-state index in [1.807, 2.05) is 0 Å². The molecule has 1 rings (SSSR count). The van der Waals surface area contributed by atoms with Crippen LogP contribution in [0.15, 0.2) is 4.99 Å². The molecule has 1 heterocycles. The Morgan fingerprint density at radius 1 is 1.62 bits per heavy atom. The molecule has 0 aromatic heterocycles. The molecule has 1 aliphatic heterocycles. The number of nitrogens with two attached hydrogens (primary N) is 1. The number of ketones is 1. The summed E-state index contributed by atoms with van der Waals surface area (Å²) in [5.74, 6) is -1.03. The number of halogens is 3. The minimum Gasteiger partial charge on any atom is -0.387 e. The number of hydrogen-bond donors (Lipinski definition) is 1. The van der Waals surface area contributed by atoms with Crippen molar-refractivity contribution >= 4 is 11.6 Å². The number of aliphatic imine (C=N–C) groups is 1. The van der Waals surface area contributed by atoms with Crippen molar-refractivity contribution in [3.63, 3.8) is 0 Å². The molecule has 0 spiro atoms. The van der Waals surface area contributed by atoms with Crippen LogP contribution in [0, 0.1) is 5.41 Å². The summed E-state index contributed by atoms with van der Waals surface area (Å²) >= 11 is 0. The third-order valence-electron chi connectivity index (χ3n) is 2.25. The van der Waals surface area contributed by atoms with E-state index in [0.717, 1.165) is 6.92 Å². The molecule has 0 saturated heterocycles. The van der Waals surface area contributed by atoms with Crippen molar-refractivity contribution in [3.8, 4) is 0 Å². The monoisotopic (exact) mass is 194 g/mol. The van der Waals surface area contributed by atoms with Crippen molar-refractivity contribution in [2.45, 2.75) is 19.5 Å². The predicted molar refractivity (Wildman–Crippen MR) is 40.3 cm³/mol. The molecule has 2 N–H and O–H groups in total. The highest BCUT2D eigenvalue weighted by Gasteiger charge is 2.60. The molecular formula is C7H9F3N2O. The molecule has 0 amide bonds. The lowest BCUT2D eigenvalue weighted by Crippen LogP contribution is -2.45. The molecule has 3 nitrogen and oxygen atoms in total. The molecule has 0 aliphatic carbocycles. The Balaban J connectivity index is 3.01. The number of amidine groups is 1. The topological polar surface area (TPSA) is 55.5 Å². The minimum atomic E-state index is -4.57. The van der Waals surface area contributed by atoms with Gasteiger partial charge in [0.05, 0.1) is 12.4 Å². The van der Waals surface area contributed by atoms with Gasteiger partial charge in [-0.3, -0.25) is 9.79 Å². The third-order valence-corrected chi connectivity index (χ3v) is 2.25. The Bertz CT molecular complexity index is 271. The van der Waals surface area contributed by atoms with E-state index in [9.17, 15) is 18.0 Å². The van der Waals surface area contributed by atoms with Crippen molar-refractivity contribution in [1.29, 1.82) is 0 Å². The maximum Gasteiger partial charge on any atom is 0.403 e. The first-order valence-corrected chi connectivity index (χ1v) is 3.66. The quantitative estimate of drug-likeness (QED) is 0.673. The van der Waals surface area contributed by atoms with Gasteiger partial charge in [0.15, 0.2) is 5.41 Å². The largest absolute Gasteiger partial charge is 0.403 e. The molecule has 0 fully saturated rings. The molecule has 74 valence electrons. The van der Waals surface area contributed by atoms with Gasteiger partial charge in [-0.2, -0.15) is 13.2 Å². The smallest absolute Gasteiger partial charge is 0.387 e. The second-order valence-corrected chi connectivity index (χ2v) is 3.12. The molecule has 0 saturated carbocycles. The number of alkyl halides is 3. The van der Waals surface area contributed by atoms with Crippen LogP contribution in [0.5, 0.6) is 0 Å². The number of nitrogens with zero attached hydrogens (tertiary/aromatic N) is 1. The fourth-order valence-electron chi connectivity index (χ4n) is 1.28. The first-order valence-electron chi connectivity index (χ1n) is 3.66. The standard InChI is InChI=1S/C7H9F3N2O/c1-4(13)6(7(8,9)10)2-5(11)12-3-6/h2-3H2,1H3,(H2,11,12). The molecule has 0 aromatic carbocycles. The third kappa shape index (κ3) is 1.40. The highest BCUT2D eigenvalue weighted by molar-refractivity contribution is 5.94. The summed E-state index contributed by atoms with van der Waals surface area (Å²) in [7, 11) is 0. The zero-order valence-electron chi connectivity index (χ0n) is 6.98. The fourth-order valence-corrected chi connectivity index (χ4v) is 1.28. The summed E-state index contributed by atoms with van der Waals surface area (Å²) in [6, 6.07) is 0. The molecule has 1 atom stereocenters. The van der Waals surface area contributed by atoms with Crippen molar-refractivity contribution in [3.05, 3.63) is 0 Å². The molecule has 0 radical (unpaired) electrons. The Morgan fingerprint density at radius 3 is 2.31 bits per heavy atom. The van der Waals surface area contributed by atoms with Crippen molar-refractivity contribution in [1.82, 2.24) is 0 Å². The maximum absolute atomic E-state index is 12.5. The average Bonchev–Trinajstić information content (AvgIpc) is 2.30. The Kier molecular flexibility index (Phi) is 2.09. The summed E-state index contributed by atoms with van der Waals surface area (Å²) in [4.78, 5) is 14.3. The lowest BCUT2D eigenvalue weighted by atomic mass is 9.81. The summed E-state index contributed by atoms with van der Waals surface area (Å²) in [5.41, 5.74) is 2.78. The summed E-state index contributed by atoms with van der Waals surface area (Å²) < 4.78 is 37.5. The van der Waals surface area contributed by atoms with Crippen molar-refractivity contribution in [2.24, 2.45) is 16.1 Å². The molecule has 0 aromatic rings. The van der Waals surface area contributed by atoms with E-state index in [2.05, 4.69) is 4.99 Å². The van der Waals surface area contributed by atoms with Crippen molar-refractivity contribution in [2.75, 3.05) is 6.54 Å². The van der Waals surface area contributed by atoms with Gasteiger partial charge in [-0.05, 0) is 6.92 Å². The van der Waals surface area contributed by atoms with Crippen LogP contribution in [0.2, 0.25) is 0 Å². The fraction of sp³-hybridized carbons (Fsp3) is 0.714. The molecular weight excluding hydrogens is 185 g/mol. The number of rotatable bonds is 1. The van der Waals surface area contributed by atoms with Gasteiger partial charge in [-0.25, -0.2) is 0 Å². The summed E-state index contributed by atoms with van der Waals surface area (Å²) in [5, 5.41) is 0. The predicted octanol–water partition coefficient (Wildman–Crippen LogP) is 0.885. The van der Waals surface area contributed by atoms with Gasteiger partial charge in [-0.15, -0.1) is 0 Å². The van der Waals surface area contributed by atoms with E-state index in [1.54, 1.807) is 0 Å². The van der Waals surface area contributed by atoms with Gasteiger partial charge in [0.1, 0.15) is 5.78 Å². The first kappa shape index (κ1) is 10.0. The first-order chi connectivity index (χ1) is 5.79. The highest BCUT2D eigenvalue weighted by Crippen LogP contribution is 2.44. The molecule has 6 heteroatoms. The zero-order chi connectivity index (χ0) is 10.3. The lowest BCUT2D eigenvalue weighted by Gasteiger charge is -2.27. The van der Waals surface area contributed by atoms with Crippen LogP contribution in [-0.2, 0) is 4.79 Å². The Hall–Kier alpha value is -1.07. The number of hydrogen-bond acceptors (Lipinski definition) is 3. The van der Waals surface area contributed by atoms with Crippen LogP contribution in [0.3, 0.4) is 0 Å². The molecule has 1 unspecified atom stereocenters. The number of Topliss-reactive ketones (excluding diaryl/α,β-unsaturated/α-hetero) is 1. The van der Waals surface area contributed by atoms with Crippen LogP contribution in [0.25, 0.3) is 0 Å². The van der Waals surface area contributed by atoms with Crippen LogP contribution in [0.4, 0.5) is 13.2 Å². The van der Waals surface area contributed by atoms with Gasteiger partial charge in [0, 0.05) is 6.42 Å². The van der Waals surface area contributed by atoms with Crippen LogP contribution in [-0.4, -0.2) is 24.3 Å². The summed E-state index contributed by atoms with van der Waals surface area (Å²) in [6.07, 6.45) is -5.07.